The van der Waals surface area contributed by atoms with Gasteiger partial charge in [-0.25, -0.2) is 0 Å². The molecule has 0 radical (unpaired) electrons. The highest BCUT2D eigenvalue weighted by molar-refractivity contribution is 5.83. The van der Waals surface area contributed by atoms with Crippen LogP contribution in [0.15, 0.2) is 0 Å². The largest absolute Gasteiger partial charge is 0.463 e. The van der Waals surface area contributed by atoms with Gasteiger partial charge in [-0.1, -0.05) is 27.7 Å². The lowest BCUT2D eigenvalue weighted by Gasteiger charge is -2.43. The van der Waals surface area contributed by atoms with Crippen LogP contribution in [0, 0.1) is 11.3 Å². The Balaban J connectivity index is 2.80. The summed E-state index contributed by atoms with van der Waals surface area (Å²) in [5.41, 5.74) is -0.366. The predicted molar refractivity (Wildman–Crippen MR) is 110 cm³/mol. The maximum absolute atomic E-state index is 12.0. The van der Waals surface area contributed by atoms with E-state index in [1.54, 1.807) is 6.92 Å². The first-order valence-electron chi connectivity index (χ1n) is 10.6. The van der Waals surface area contributed by atoms with Crippen LogP contribution in [0.2, 0.25) is 0 Å². The minimum absolute atomic E-state index is 0.183. The number of ether oxygens (including phenoxy) is 5. The third kappa shape index (κ3) is 9.35. The highest BCUT2D eigenvalue weighted by Gasteiger charge is 2.48. The Morgan fingerprint density at radius 1 is 0.871 bits per heavy atom. The lowest BCUT2D eigenvalue weighted by Crippen LogP contribution is -2.58. The molecule has 0 aromatic rings. The number of unbranched alkanes of at least 4 members (excludes halogenated alkanes) is 1. The molecule has 9 heteroatoms. The quantitative estimate of drug-likeness (QED) is 0.285. The summed E-state index contributed by atoms with van der Waals surface area (Å²) in [6.07, 6.45) is -1.61. The minimum Gasteiger partial charge on any atom is -0.463 e. The van der Waals surface area contributed by atoms with Crippen molar-refractivity contribution < 1.29 is 42.9 Å². The van der Waals surface area contributed by atoms with Crippen molar-refractivity contribution in [3.05, 3.63) is 0 Å². The first-order valence-corrected chi connectivity index (χ1v) is 10.6. The van der Waals surface area contributed by atoms with Gasteiger partial charge in [0.25, 0.3) is 0 Å². The van der Waals surface area contributed by atoms with Crippen molar-refractivity contribution in [3.8, 4) is 0 Å². The van der Waals surface area contributed by atoms with Crippen molar-refractivity contribution in [2.24, 2.45) is 11.3 Å². The van der Waals surface area contributed by atoms with Crippen molar-refractivity contribution in [2.75, 3.05) is 13.2 Å². The Morgan fingerprint density at radius 2 is 1.45 bits per heavy atom. The smallest absolute Gasteiger partial charge is 0.303 e. The summed E-state index contributed by atoms with van der Waals surface area (Å²) in [5.74, 6) is -1.89. The second-order valence-corrected chi connectivity index (χ2v) is 8.85. The molecule has 1 heterocycles. The van der Waals surface area contributed by atoms with Gasteiger partial charge < -0.3 is 23.7 Å². The van der Waals surface area contributed by atoms with E-state index in [-0.39, 0.29) is 17.8 Å². The topological polar surface area (TPSA) is 114 Å². The first-order chi connectivity index (χ1) is 14.3. The lowest BCUT2D eigenvalue weighted by atomic mass is 9.88. The van der Waals surface area contributed by atoms with E-state index in [0.717, 1.165) is 0 Å². The molecule has 0 amide bonds. The average Bonchev–Trinajstić information content (AvgIpc) is 2.63. The summed E-state index contributed by atoms with van der Waals surface area (Å²) in [7, 11) is 0. The van der Waals surface area contributed by atoms with Gasteiger partial charge in [0.1, 0.15) is 24.6 Å². The molecular formula is C22H36O9. The maximum Gasteiger partial charge on any atom is 0.303 e. The van der Waals surface area contributed by atoms with Crippen LogP contribution < -0.4 is 0 Å². The SMILES string of the molecule is CC(=O)OC[C@H]1O[C@@H](OCCCCC(=O)C(C)(C)C)[C@H](C)[C@@H](OC(C)=O)[C@H]1OC(C)=O. The zero-order valence-corrected chi connectivity index (χ0v) is 19.6. The van der Waals surface area contributed by atoms with E-state index in [1.165, 1.54) is 20.8 Å². The number of carbonyl (C=O) groups is 4. The van der Waals surface area contributed by atoms with E-state index in [1.807, 2.05) is 20.8 Å². The van der Waals surface area contributed by atoms with Gasteiger partial charge in [-0.05, 0) is 12.8 Å². The molecule has 1 aliphatic heterocycles. The standard InChI is InChI=1S/C22H36O9/c1-13-19(29-15(3)24)20(30-16(4)25)17(12-28-14(2)23)31-21(13)27-11-9-8-10-18(26)22(5,6)7/h13,17,19-21H,8-12H2,1-7H3/t13-,17-,19-,20+,21-/m1/s1. The molecule has 31 heavy (non-hydrogen) atoms. The molecule has 0 aromatic heterocycles. The summed E-state index contributed by atoms with van der Waals surface area (Å²) in [4.78, 5) is 46.5. The van der Waals surface area contributed by atoms with Crippen LogP contribution in [0.25, 0.3) is 0 Å². The fourth-order valence-electron chi connectivity index (χ4n) is 3.23. The Labute approximate surface area is 184 Å². The molecule has 0 saturated carbocycles. The first kappa shape index (κ1) is 27.0. The number of carbonyl (C=O) groups excluding carboxylic acids is 4. The van der Waals surface area contributed by atoms with Gasteiger partial charge in [0.15, 0.2) is 12.4 Å². The third-order valence-electron chi connectivity index (χ3n) is 4.92. The maximum atomic E-state index is 12.0. The molecule has 0 unspecified atom stereocenters. The molecule has 0 bridgehead atoms. The van der Waals surface area contributed by atoms with Crippen LogP contribution in [0.1, 0.15) is 67.7 Å². The number of esters is 3. The second-order valence-electron chi connectivity index (χ2n) is 8.85. The Hall–Kier alpha value is -2.00. The van der Waals surface area contributed by atoms with Gasteiger partial charge in [-0.3, -0.25) is 19.2 Å². The molecule has 0 aliphatic carbocycles. The number of rotatable bonds is 10. The van der Waals surface area contributed by atoms with Crippen molar-refractivity contribution in [3.63, 3.8) is 0 Å². The highest BCUT2D eigenvalue weighted by Crippen LogP contribution is 2.32. The van der Waals surface area contributed by atoms with Crippen LogP contribution in [0.3, 0.4) is 0 Å². The summed E-state index contributed by atoms with van der Waals surface area (Å²) in [6.45, 7) is 11.3. The van der Waals surface area contributed by atoms with Crippen LogP contribution in [0.4, 0.5) is 0 Å². The number of ketones is 1. The Bertz CT molecular complexity index is 637. The summed E-state index contributed by atoms with van der Waals surface area (Å²) >= 11 is 0. The van der Waals surface area contributed by atoms with Crippen molar-refractivity contribution in [1.82, 2.24) is 0 Å². The fraction of sp³-hybridized carbons (Fsp3) is 0.818. The number of hydrogen-bond acceptors (Lipinski definition) is 9. The van der Waals surface area contributed by atoms with Gasteiger partial charge in [-0.15, -0.1) is 0 Å². The average molecular weight is 445 g/mol. The summed E-state index contributed by atoms with van der Waals surface area (Å²) in [6, 6.07) is 0. The third-order valence-corrected chi connectivity index (χ3v) is 4.92. The zero-order chi connectivity index (χ0) is 23.8. The molecule has 0 aromatic carbocycles. The van der Waals surface area contributed by atoms with Crippen LogP contribution in [-0.2, 0) is 42.9 Å². The summed E-state index contributed by atoms with van der Waals surface area (Å²) < 4.78 is 27.6. The Morgan fingerprint density at radius 3 is 1.97 bits per heavy atom. The normalized spacial score (nSPS) is 26.1. The molecule has 5 atom stereocenters. The van der Waals surface area contributed by atoms with Crippen LogP contribution >= 0.6 is 0 Å². The highest BCUT2D eigenvalue weighted by atomic mass is 16.7. The lowest BCUT2D eigenvalue weighted by molar-refractivity contribution is -0.288. The van der Waals surface area contributed by atoms with Crippen molar-refractivity contribution in [2.45, 2.75) is 92.3 Å². The van der Waals surface area contributed by atoms with Crippen molar-refractivity contribution in [1.29, 1.82) is 0 Å². The Kier molecular flexibility index (Phi) is 10.6. The predicted octanol–water partition coefficient (Wildman–Crippen LogP) is 2.58. The van der Waals surface area contributed by atoms with Crippen LogP contribution in [-0.4, -0.2) is 61.5 Å². The van der Waals surface area contributed by atoms with Gasteiger partial charge in [0.2, 0.25) is 0 Å². The van der Waals surface area contributed by atoms with E-state index in [4.69, 9.17) is 23.7 Å². The monoisotopic (exact) mass is 444 g/mol. The summed E-state index contributed by atoms with van der Waals surface area (Å²) in [5, 5.41) is 0. The number of hydrogen-bond donors (Lipinski definition) is 0. The van der Waals surface area contributed by atoms with Gasteiger partial charge in [0, 0.05) is 45.1 Å². The fourth-order valence-corrected chi connectivity index (χ4v) is 3.23. The number of Topliss-reactive ketones (excluding diaryl/α,β-unsaturated/α-hetero) is 1. The van der Waals surface area contributed by atoms with Gasteiger partial charge in [0.05, 0.1) is 0 Å². The van der Waals surface area contributed by atoms with E-state index in [0.29, 0.717) is 25.9 Å². The second kappa shape index (κ2) is 12.1. The van der Waals surface area contributed by atoms with Gasteiger partial charge in [-0.2, -0.15) is 0 Å². The molecule has 1 saturated heterocycles. The van der Waals surface area contributed by atoms with Crippen LogP contribution in [0.5, 0.6) is 0 Å². The molecule has 1 fully saturated rings. The van der Waals surface area contributed by atoms with E-state index in [2.05, 4.69) is 0 Å². The van der Waals surface area contributed by atoms with Crippen molar-refractivity contribution >= 4 is 23.7 Å². The molecule has 178 valence electrons. The molecule has 0 N–H and O–H groups in total. The molecular weight excluding hydrogens is 408 g/mol. The molecule has 9 nitrogen and oxygen atoms in total. The molecule has 0 spiro atoms. The van der Waals surface area contributed by atoms with Gasteiger partial charge >= 0.3 is 17.9 Å². The molecule has 1 aliphatic rings. The zero-order valence-electron chi connectivity index (χ0n) is 19.6. The minimum atomic E-state index is -0.944. The van der Waals surface area contributed by atoms with E-state index >= 15 is 0 Å². The van der Waals surface area contributed by atoms with E-state index < -0.39 is 48.4 Å². The van der Waals surface area contributed by atoms with E-state index in [9.17, 15) is 19.2 Å². The molecule has 1 rings (SSSR count).